The molecule has 2 aliphatic rings. The minimum atomic E-state index is -0.335. The molecule has 5 heteroatoms. The Morgan fingerprint density at radius 3 is 2.47 bits per heavy atom. The summed E-state index contributed by atoms with van der Waals surface area (Å²) < 4.78 is 0.978. The number of hydrogen-bond donors (Lipinski definition) is 1. The normalized spacial score (nSPS) is 24.1. The van der Waals surface area contributed by atoms with Crippen LogP contribution in [0, 0.1) is 5.92 Å². The number of nitrogens with zero attached hydrogens (tertiary/aromatic N) is 1. The zero-order valence-electron chi connectivity index (χ0n) is 10.4. The van der Waals surface area contributed by atoms with Crippen LogP contribution >= 0.6 is 15.9 Å². The van der Waals surface area contributed by atoms with Crippen LogP contribution < -0.4 is 10.2 Å². The largest absolute Gasteiger partial charge is 0.344 e. The number of carbonyl (C=O) groups is 2. The molecule has 1 saturated heterocycles. The Morgan fingerprint density at radius 1 is 1.16 bits per heavy atom. The van der Waals surface area contributed by atoms with E-state index in [9.17, 15) is 9.59 Å². The van der Waals surface area contributed by atoms with Crippen molar-refractivity contribution < 1.29 is 9.59 Å². The van der Waals surface area contributed by atoms with Gasteiger partial charge in [-0.25, -0.2) is 0 Å². The Balaban J connectivity index is 1.88. The smallest absolute Gasteiger partial charge is 0.249 e. The molecule has 0 bridgehead atoms. The second-order valence-electron chi connectivity index (χ2n) is 5.10. The van der Waals surface area contributed by atoms with E-state index < -0.39 is 0 Å². The van der Waals surface area contributed by atoms with Gasteiger partial charge in [0.2, 0.25) is 11.8 Å². The molecule has 1 aromatic carbocycles. The third-order valence-electron chi connectivity index (χ3n) is 3.64. The van der Waals surface area contributed by atoms with Gasteiger partial charge in [-0.2, -0.15) is 0 Å². The van der Waals surface area contributed by atoms with Crippen molar-refractivity contribution >= 4 is 33.4 Å². The van der Waals surface area contributed by atoms with E-state index in [-0.39, 0.29) is 17.9 Å². The topological polar surface area (TPSA) is 49.4 Å². The second-order valence-corrected chi connectivity index (χ2v) is 6.01. The molecule has 19 heavy (non-hydrogen) atoms. The van der Waals surface area contributed by atoms with E-state index >= 15 is 0 Å². The molecule has 1 atom stereocenters. The molecule has 2 amide bonds. The van der Waals surface area contributed by atoms with Crippen LogP contribution in [-0.4, -0.2) is 24.4 Å². The van der Waals surface area contributed by atoms with Crippen molar-refractivity contribution in [2.24, 2.45) is 5.92 Å². The SMILES string of the molecule is O=C1CCN(c2ccc(Br)cc2)C(=O)C(C2CC2)N1. The molecular weight excluding hydrogens is 308 g/mol. The summed E-state index contributed by atoms with van der Waals surface area (Å²) in [5.74, 6) is 0.327. The molecule has 2 fully saturated rings. The third-order valence-corrected chi connectivity index (χ3v) is 4.17. The minimum absolute atomic E-state index is 0.0233. The predicted octanol–water partition coefficient (Wildman–Crippen LogP) is 2.08. The van der Waals surface area contributed by atoms with Crippen LogP contribution in [0.15, 0.2) is 28.7 Å². The van der Waals surface area contributed by atoms with Gasteiger partial charge in [-0.15, -0.1) is 0 Å². The fraction of sp³-hybridized carbons (Fsp3) is 0.429. The first-order valence-corrected chi connectivity index (χ1v) is 7.31. The van der Waals surface area contributed by atoms with Gasteiger partial charge in [0.25, 0.3) is 0 Å². The van der Waals surface area contributed by atoms with Crippen LogP contribution in [0.1, 0.15) is 19.3 Å². The minimum Gasteiger partial charge on any atom is -0.344 e. The maximum absolute atomic E-state index is 12.6. The maximum atomic E-state index is 12.6. The van der Waals surface area contributed by atoms with Crippen molar-refractivity contribution in [2.45, 2.75) is 25.3 Å². The van der Waals surface area contributed by atoms with Crippen LogP contribution in [0.3, 0.4) is 0 Å². The van der Waals surface area contributed by atoms with E-state index in [1.807, 2.05) is 24.3 Å². The highest BCUT2D eigenvalue weighted by Gasteiger charge is 2.41. The summed E-state index contributed by atoms with van der Waals surface area (Å²) in [7, 11) is 0. The van der Waals surface area contributed by atoms with E-state index in [1.54, 1.807) is 4.90 Å². The molecule has 0 spiro atoms. The second kappa shape index (κ2) is 4.96. The van der Waals surface area contributed by atoms with Crippen molar-refractivity contribution in [1.82, 2.24) is 5.32 Å². The van der Waals surface area contributed by atoms with Crippen LogP contribution in [0.25, 0.3) is 0 Å². The summed E-state index contributed by atoms with van der Waals surface area (Å²) in [6.07, 6.45) is 2.43. The third kappa shape index (κ3) is 2.66. The van der Waals surface area contributed by atoms with Crippen LogP contribution in [0.5, 0.6) is 0 Å². The van der Waals surface area contributed by atoms with Crippen molar-refractivity contribution in [3.05, 3.63) is 28.7 Å². The molecule has 1 unspecified atom stereocenters. The monoisotopic (exact) mass is 322 g/mol. The van der Waals surface area contributed by atoms with Gasteiger partial charge in [0.05, 0.1) is 0 Å². The summed E-state index contributed by atoms with van der Waals surface area (Å²) >= 11 is 3.38. The first kappa shape index (κ1) is 12.7. The number of rotatable bonds is 2. The summed E-state index contributed by atoms with van der Waals surface area (Å²) in [4.78, 5) is 26.0. The van der Waals surface area contributed by atoms with Gasteiger partial charge in [-0.05, 0) is 43.0 Å². The van der Waals surface area contributed by atoms with Crippen molar-refractivity contribution in [3.63, 3.8) is 0 Å². The lowest BCUT2D eigenvalue weighted by molar-refractivity contribution is -0.126. The number of amides is 2. The zero-order valence-corrected chi connectivity index (χ0v) is 12.0. The molecule has 1 N–H and O–H groups in total. The Bertz CT molecular complexity index is 511. The van der Waals surface area contributed by atoms with Gasteiger partial charge >= 0.3 is 0 Å². The fourth-order valence-corrected chi connectivity index (χ4v) is 2.69. The molecule has 4 nitrogen and oxygen atoms in total. The summed E-state index contributed by atoms with van der Waals surface area (Å²) in [5.41, 5.74) is 0.857. The van der Waals surface area contributed by atoms with Gasteiger partial charge in [0, 0.05) is 23.1 Å². The standard InChI is InChI=1S/C14H15BrN2O2/c15-10-3-5-11(6-4-10)17-8-7-12(18)16-13(14(17)19)9-1-2-9/h3-6,9,13H,1-2,7-8H2,(H,16,18). The molecule has 0 aromatic heterocycles. The van der Waals surface area contributed by atoms with E-state index in [2.05, 4.69) is 21.2 Å². The Kier molecular flexibility index (Phi) is 3.31. The summed E-state index contributed by atoms with van der Waals surface area (Å²) in [5, 5.41) is 2.86. The molecular formula is C14H15BrN2O2. The molecule has 3 rings (SSSR count). The average Bonchev–Trinajstić information content (AvgIpc) is 3.21. The van der Waals surface area contributed by atoms with E-state index in [1.165, 1.54) is 0 Å². The predicted molar refractivity (Wildman–Crippen MR) is 75.8 cm³/mol. The van der Waals surface area contributed by atoms with Crippen molar-refractivity contribution in [1.29, 1.82) is 0 Å². The molecule has 100 valence electrons. The van der Waals surface area contributed by atoms with Gasteiger partial charge in [0.1, 0.15) is 6.04 Å². The maximum Gasteiger partial charge on any atom is 0.249 e. The summed E-state index contributed by atoms with van der Waals surface area (Å²) in [6, 6.07) is 7.30. The molecule has 1 aromatic rings. The van der Waals surface area contributed by atoms with Crippen molar-refractivity contribution in [2.75, 3.05) is 11.4 Å². The Morgan fingerprint density at radius 2 is 1.84 bits per heavy atom. The summed E-state index contributed by atoms with van der Waals surface area (Å²) in [6.45, 7) is 0.454. The first-order valence-electron chi connectivity index (χ1n) is 6.51. The molecule has 1 aliphatic heterocycles. The fourth-order valence-electron chi connectivity index (χ4n) is 2.43. The molecule has 1 aliphatic carbocycles. The number of benzene rings is 1. The number of anilines is 1. The van der Waals surface area contributed by atoms with Crippen molar-refractivity contribution in [3.8, 4) is 0 Å². The van der Waals surface area contributed by atoms with Gasteiger partial charge < -0.3 is 10.2 Å². The van der Waals surface area contributed by atoms with Gasteiger partial charge in [-0.1, -0.05) is 15.9 Å². The Hall–Kier alpha value is -1.36. The number of carbonyl (C=O) groups excluding carboxylic acids is 2. The Labute approximate surface area is 120 Å². The van der Waals surface area contributed by atoms with Crippen LogP contribution in [-0.2, 0) is 9.59 Å². The lowest BCUT2D eigenvalue weighted by Crippen LogP contribution is -2.46. The zero-order chi connectivity index (χ0) is 13.4. The lowest BCUT2D eigenvalue weighted by Gasteiger charge is -2.24. The number of nitrogens with one attached hydrogen (secondary N) is 1. The van der Waals surface area contributed by atoms with Crippen LogP contribution in [0.2, 0.25) is 0 Å². The van der Waals surface area contributed by atoms with E-state index in [0.29, 0.717) is 18.9 Å². The van der Waals surface area contributed by atoms with Gasteiger partial charge in [-0.3, -0.25) is 9.59 Å². The first-order chi connectivity index (χ1) is 9.15. The highest BCUT2D eigenvalue weighted by molar-refractivity contribution is 9.10. The molecule has 0 radical (unpaired) electrons. The van der Waals surface area contributed by atoms with Crippen LogP contribution in [0.4, 0.5) is 5.69 Å². The number of halogens is 1. The molecule has 1 heterocycles. The quantitative estimate of drug-likeness (QED) is 0.906. The van der Waals surface area contributed by atoms with E-state index in [4.69, 9.17) is 0 Å². The highest BCUT2D eigenvalue weighted by Crippen LogP contribution is 2.35. The van der Waals surface area contributed by atoms with E-state index in [0.717, 1.165) is 23.0 Å². The lowest BCUT2D eigenvalue weighted by atomic mass is 10.1. The highest BCUT2D eigenvalue weighted by atomic mass is 79.9. The number of hydrogen-bond acceptors (Lipinski definition) is 2. The van der Waals surface area contributed by atoms with Gasteiger partial charge in [0.15, 0.2) is 0 Å². The average molecular weight is 323 g/mol. The molecule has 1 saturated carbocycles.